The molecule has 0 bridgehead atoms. The molecule has 2 atom stereocenters. The molecule has 142 valence electrons. The van der Waals surface area contributed by atoms with Crippen LogP contribution < -0.4 is 5.73 Å². The van der Waals surface area contributed by atoms with Crippen LogP contribution in [0.3, 0.4) is 0 Å². The number of hydrogen-bond acceptors (Lipinski definition) is 3. The number of fused-ring (bicyclic) bond motifs is 1. The maximum atomic E-state index is 13.1. The summed E-state index contributed by atoms with van der Waals surface area (Å²) < 4.78 is 5.86. The van der Waals surface area contributed by atoms with Crippen LogP contribution in [0, 0.1) is 12.8 Å². The van der Waals surface area contributed by atoms with Gasteiger partial charge in [0.05, 0.1) is 0 Å². The second kappa shape index (κ2) is 7.93. The van der Waals surface area contributed by atoms with Crippen molar-refractivity contribution in [3.05, 3.63) is 70.4 Å². The van der Waals surface area contributed by atoms with Crippen molar-refractivity contribution < 1.29 is 9.21 Å². The molecule has 0 aliphatic carbocycles. The van der Waals surface area contributed by atoms with Gasteiger partial charge < -0.3 is 15.1 Å². The number of furan rings is 1. The molecule has 1 aliphatic heterocycles. The molecule has 2 heterocycles. The van der Waals surface area contributed by atoms with E-state index < -0.39 is 0 Å². The van der Waals surface area contributed by atoms with Gasteiger partial charge in [-0.2, -0.15) is 0 Å². The Morgan fingerprint density at radius 3 is 2.67 bits per heavy atom. The minimum absolute atomic E-state index is 0. The van der Waals surface area contributed by atoms with Crippen molar-refractivity contribution in [2.45, 2.75) is 12.8 Å². The summed E-state index contributed by atoms with van der Waals surface area (Å²) in [5, 5.41) is 1.52. The molecular formula is C21H22Cl2N2O2. The van der Waals surface area contributed by atoms with Crippen molar-refractivity contribution in [3.8, 4) is 0 Å². The van der Waals surface area contributed by atoms with E-state index in [2.05, 4.69) is 12.1 Å². The smallest absolute Gasteiger partial charge is 0.289 e. The zero-order valence-electron chi connectivity index (χ0n) is 15.0. The van der Waals surface area contributed by atoms with E-state index >= 15 is 0 Å². The molecule has 4 nitrogen and oxygen atoms in total. The maximum Gasteiger partial charge on any atom is 0.289 e. The van der Waals surface area contributed by atoms with E-state index in [0.29, 0.717) is 36.0 Å². The van der Waals surface area contributed by atoms with Gasteiger partial charge in [0.1, 0.15) is 5.58 Å². The summed E-state index contributed by atoms with van der Waals surface area (Å²) in [5.41, 5.74) is 8.74. The van der Waals surface area contributed by atoms with Gasteiger partial charge in [-0.1, -0.05) is 41.9 Å². The molecule has 1 amide bonds. The van der Waals surface area contributed by atoms with E-state index in [1.807, 2.05) is 36.1 Å². The van der Waals surface area contributed by atoms with Crippen LogP contribution in [0.1, 0.15) is 27.6 Å². The molecule has 0 spiro atoms. The first-order chi connectivity index (χ1) is 12.6. The summed E-state index contributed by atoms with van der Waals surface area (Å²) in [4.78, 5) is 15.0. The lowest BCUT2D eigenvalue weighted by molar-refractivity contribution is 0.0756. The highest BCUT2D eigenvalue weighted by molar-refractivity contribution is 6.31. The maximum absolute atomic E-state index is 13.1. The van der Waals surface area contributed by atoms with Crippen molar-refractivity contribution in [2.75, 3.05) is 19.6 Å². The van der Waals surface area contributed by atoms with Gasteiger partial charge in [0.2, 0.25) is 0 Å². The molecule has 6 heteroatoms. The molecule has 4 rings (SSSR count). The molecule has 1 fully saturated rings. The number of nitrogens with two attached hydrogens (primary N) is 1. The topological polar surface area (TPSA) is 59.5 Å². The first-order valence-corrected chi connectivity index (χ1v) is 9.19. The summed E-state index contributed by atoms with van der Waals surface area (Å²) >= 11 is 6.08. The molecule has 2 aromatic carbocycles. The van der Waals surface area contributed by atoms with Crippen molar-refractivity contribution in [2.24, 2.45) is 11.7 Å². The van der Waals surface area contributed by atoms with Gasteiger partial charge in [0, 0.05) is 35.0 Å². The lowest BCUT2D eigenvalue weighted by Gasteiger charge is -2.16. The van der Waals surface area contributed by atoms with Crippen LogP contribution >= 0.6 is 24.0 Å². The number of hydrogen-bond donors (Lipinski definition) is 1. The van der Waals surface area contributed by atoms with Crippen molar-refractivity contribution in [1.82, 2.24) is 4.90 Å². The fourth-order valence-corrected chi connectivity index (χ4v) is 4.07. The van der Waals surface area contributed by atoms with Gasteiger partial charge in [0.15, 0.2) is 5.76 Å². The van der Waals surface area contributed by atoms with E-state index in [0.717, 1.165) is 10.9 Å². The molecule has 0 radical (unpaired) electrons. The number of nitrogens with zero attached hydrogens (tertiary/aromatic N) is 1. The molecule has 1 aromatic heterocycles. The fraction of sp³-hybridized carbons (Fsp3) is 0.286. The summed E-state index contributed by atoms with van der Waals surface area (Å²) in [5.74, 6) is 0.822. The van der Waals surface area contributed by atoms with Gasteiger partial charge in [-0.15, -0.1) is 12.4 Å². The normalized spacial score (nSPS) is 19.3. The van der Waals surface area contributed by atoms with Crippen LogP contribution in [-0.2, 0) is 0 Å². The van der Waals surface area contributed by atoms with Gasteiger partial charge in [0.25, 0.3) is 5.91 Å². The standard InChI is InChI=1S/C21H21ClN2O2.ClH/c1-13-17-9-16(22)7-8-19(17)26-20(13)21(25)24-11-15(10-23)18(12-24)14-5-3-2-4-6-14;/h2-9,15,18H,10-12,23H2,1H3;1H/t15-,18+;/m1./s1. The summed E-state index contributed by atoms with van der Waals surface area (Å²) in [6, 6.07) is 15.7. The minimum atomic E-state index is -0.0771. The lowest BCUT2D eigenvalue weighted by Crippen LogP contribution is -2.30. The number of rotatable bonds is 3. The third-order valence-electron chi connectivity index (χ3n) is 5.35. The Balaban J connectivity index is 0.00000210. The number of benzene rings is 2. The number of likely N-dealkylation sites (tertiary alicyclic amines) is 1. The lowest BCUT2D eigenvalue weighted by atomic mass is 9.89. The van der Waals surface area contributed by atoms with Gasteiger partial charge in [-0.05, 0) is 43.1 Å². The Labute approximate surface area is 169 Å². The fourth-order valence-electron chi connectivity index (χ4n) is 3.89. The second-order valence-corrected chi connectivity index (χ2v) is 7.36. The molecule has 2 N–H and O–H groups in total. The predicted molar refractivity (Wildman–Crippen MR) is 111 cm³/mol. The molecule has 3 aromatic rings. The highest BCUT2D eigenvalue weighted by atomic mass is 35.5. The third-order valence-corrected chi connectivity index (χ3v) is 5.59. The van der Waals surface area contributed by atoms with Crippen LogP contribution in [0.2, 0.25) is 5.02 Å². The first-order valence-electron chi connectivity index (χ1n) is 8.81. The minimum Gasteiger partial charge on any atom is -0.451 e. The Hall–Kier alpha value is -2.01. The van der Waals surface area contributed by atoms with Gasteiger partial charge in [-0.25, -0.2) is 0 Å². The van der Waals surface area contributed by atoms with Crippen molar-refractivity contribution in [3.63, 3.8) is 0 Å². The van der Waals surface area contributed by atoms with Crippen LogP contribution in [-0.4, -0.2) is 30.4 Å². The van der Waals surface area contributed by atoms with Gasteiger partial charge >= 0.3 is 0 Å². The largest absolute Gasteiger partial charge is 0.451 e. The summed E-state index contributed by atoms with van der Waals surface area (Å²) in [6.45, 7) is 3.76. The Bertz CT molecular complexity index is 955. The zero-order valence-corrected chi connectivity index (χ0v) is 16.6. The van der Waals surface area contributed by atoms with Crippen molar-refractivity contribution in [1.29, 1.82) is 0 Å². The SMILES string of the molecule is Cc1c(C(=O)N2C[C@@H](CN)[C@H](c3ccccc3)C2)oc2ccc(Cl)cc12.Cl. The van der Waals surface area contributed by atoms with Crippen LogP contribution in [0.15, 0.2) is 52.9 Å². The molecule has 1 saturated heterocycles. The number of amides is 1. The van der Waals surface area contributed by atoms with Crippen LogP contribution in [0.4, 0.5) is 0 Å². The van der Waals surface area contributed by atoms with E-state index in [1.54, 1.807) is 12.1 Å². The molecule has 0 saturated carbocycles. The summed E-state index contributed by atoms with van der Waals surface area (Å²) in [7, 11) is 0. The quantitative estimate of drug-likeness (QED) is 0.691. The van der Waals surface area contributed by atoms with E-state index in [9.17, 15) is 4.79 Å². The molecule has 0 unspecified atom stereocenters. The average molecular weight is 405 g/mol. The van der Waals surface area contributed by atoms with E-state index in [4.69, 9.17) is 21.8 Å². The number of carbonyl (C=O) groups is 1. The first kappa shape index (κ1) is 19.7. The predicted octanol–water partition coefficient (Wildman–Crippen LogP) is 4.63. The van der Waals surface area contributed by atoms with Crippen LogP contribution in [0.5, 0.6) is 0 Å². The molecular weight excluding hydrogens is 383 g/mol. The number of carbonyl (C=O) groups excluding carboxylic acids is 1. The highest BCUT2D eigenvalue weighted by Gasteiger charge is 2.37. The highest BCUT2D eigenvalue weighted by Crippen LogP contribution is 2.35. The van der Waals surface area contributed by atoms with E-state index in [-0.39, 0.29) is 30.2 Å². The second-order valence-electron chi connectivity index (χ2n) is 6.92. The third kappa shape index (κ3) is 3.57. The zero-order chi connectivity index (χ0) is 18.3. The average Bonchev–Trinajstić information content (AvgIpc) is 3.24. The summed E-state index contributed by atoms with van der Waals surface area (Å²) in [6.07, 6.45) is 0. The number of aryl methyl sites for hydroxylation is 1. The molecule has 27 heavy (non-hydrogen) atoms. The number of halogens is 2. The Kier molecular flexibility index (Phi) is 5.80. The molecule has 1 aliphatic rings. The van der Waals surface area contributed by atoms with E-state index in [1.165, 1.54) is 5.56 Å². The monoisotopic (exact) mass is 404 g/mol. The Morgan fingerprint density at radius 2 is 1.96 bits per heavy atom. The van der Waals surface area contributed by atoms with Crippen LogP contribution in [0.25, 0.3) is 11.0 Å². The van der Waals surface area contributed by atoms with Gasteiger partial charge in [-0.3, -0.25) is 4.79 Å². The Morgan fingerprint density at radius 1 is 1.22 bits per heavy atom. The van der Waals surface area contributed by atoms with Crippen molar-refractivity contribution >= 4 is 40.9 Å².